The smallest absolute Gasteiger partial charge is 0.244 e. The van der Waals surface area contributed by atoms with Gasteiger partial charge in [-0.05, 0) is 66.1 Å². The van der Waals surface area contributed by atoms with Crippen molar-refractivity contribution in [1.29, 1.82) is 0 Å². The summed E-state index contributed by atoms with van der Waals surface area (Å²) in [5.41, 5.74) is 4.72. The van der Waals surface area contributed by atoms with E-state index in [0.717, 1.165) is 39.0 Å². The summed E-state index contributed by atoms with van der Waals surface area (Å²) in [4.78, 5) is 17.7. The number of rotatable bonds is 6. The summed E-state index contributed by atoms with van der Waals surface area (Å²) < 4.78 is 8.02. The van der Waals surface area contributed by atoms with Crippen LogP contribution in [0, 0.1) is 13.8 Å². The first kappa shape index (κ1) is 20.8. The summed E-state index contributed by atoms with van der Waals surface area (Å²) in [6, 6.07) is 28.1. The van der Waals surface area contributed by atoms with E-state index in [0.29, 0.717) is 5.82 Å². The van der Waals surface area contributed by atoms with Crippen LogP contribution in [0.2, 0.25) is 0 Å². The molecule has 0 radical (unpaired) electrons. The van der Waals surface area contributed by atoms with Crippen molar-refractivity contribution in [3.63, 3.8) is 0 Å². The Morgan fingerprint density at radius 2 is 1.70 bits per heavy atom. The molecule has 1 heterocycles. The number of nitrogens with one attached hydrogen (secondary N) is 1. The molecule has 5 nitrogen and oxygen atoms in total. The van der Waals surface area contributed by atoms with Gasteiger partial charge >= 0.3 is 0 Å². The highest BCUT2D eigenvalue weighted by molar-refractivity contribution is 5.92. The van der Waals surface area contributed by atoms with Crippen LogP contribution in [0.1, 0.15) is 17.0 Å². The summed E-state index contributed by atoms with van der Waals surface area (Å²) in [7, 11) is 0. The molecule has 5 heteroatoms. The number of amides is 1. The number of carbonyl (C=O) groups excluding carboxylic acids is 1. The van der Waals surface area contributed by atoms with Gasteiger partial charge in [0, 0.05) is 5.69 Å². The molecule has 1 aromatic heterocycles. The quantitative estimate of drug-likeness (QED) is 0.355. The van der Waals surface area contributed by atoms with Crippen molar-refractivity contribution in [3.05, 3.63) is 102 Å². The molecule has 1 amide bonds. The normalized spacial score (nSPS) is 11.1. The summed E-state index contributed by atoms with van der Waals surface area (Å²) >= 11 is 0. The number of hydrogen-bond donors (Lipinski definition) is 1. The first-order chi connectivity index (χ1) is 16.1. The minimum absolute atomic E-state index is 0.0983. The van der Waals surface area contributed by atoms with Crippen molar-refractivity contribution in [1.82, 2.24) is 9.55 Å². The predicted molar refractivity (Wildman–Crippen MR) is 133 cm³/mol. The monoisotopic (exact) mass is 435 g/mol. The summed E-state index contributed by atoms with van der Waals surface area (Å²) in [6.07, 6.45) is 0. The molecule has 1 N–H and O–H groups in total. The van der Waals surface area contributed by atoms with E-state index >= 15 is 0 Å². The number of ether oxygens (including phenoxy) is 1. The highest BCUT2D eigenvalue weighted by atomic mass is 16.5. The number of hydrogen-bond acceptors (Lipinski definition) is 3. The maximum absolute atomic E-state index is 13.0. The molecule has 0 atom stereocenters. The molecular formula is C28H25N3O2. The fourth-order valence-corrected chi connectivity index (χ4v) is 4.02. The highest BCUT2D eigenvalue weighted by Crippen LogP contribution is 2.23. The fourth-order valence-electron chi connectivity index (χ4n) is 4.02. The van der Waals surface area contributed by atoms with Crippen molar-refractivity contribution < 1.29 is 9.53 Å². The van der Waals surface area contributed by atoms with Crippen LogP contribution >= 0.6 is 0 Å². The number of nitrogens with zero attached hydrogens (tertiary/aromatic N) is 2. The van der Waals surface area contributed by atoms with Crippen LogP contribution in [0.25, 0.3) is 21.8 Å². The fraction of sp³-hybridized carbons (Fsp3) is 0.143. The van der Waals surface area contributed by atoms with Crippen LogP contribution in [0.5, 0.6) is 5.75 Å². The molecule has 0 fully saturated rings. The zero-order valence-corrected chi connectivity index (χ0v) is 18.7. The molecule has 5 rings (SSSR count). The number of anilines is 1. The van der Waals surface area contributed by atoms with E-state index in [9.17, 15) is 4.79 Å². The van der Waals surface area contributed by atoms with E-state index in [2.05, 4.69) is 17.4 Å². The molecule has 0 saturated heterocycles. The van der Waals surface area contributed by atoms with Crippen LogP contribution in [0.15, 0.2) is 84.9 Å². The Balaban J connectivity index is 1.39. The summed E-state index contributed by atoms with van der Waals surface area (Å²) in [5.74, 6) is 1.38. The minimum Gasteiger partial charge on any atom is -0.486 e. The number of fused-ring (bicyclic) bond motifs is 2. The van der Waals surface area contributed by atoms with Crippen molar-refractivity contribution >= 4 is 33.4 Å². The van der Waals surface area contributed by atoms with Crippen molar-refractivity contribution in [3.8, 4) is 5.75 Å². The number of para-hydroxylation sites is 2. The van der Waals surface area contributed by atoms with Crippen molar-refractivity contribution in [2.45, 2.75) is 27.0 Å². The number of aryl methyl sites for hydroxylation is 2. The predicted octanol–water partition coefficient (Wildman–Crippen LogP) is 6.02. The Hall–Kier alpha value is -4.12. The van der Waals surface area contributed by atoms with Gasteiger partial charge in [0.25, 0.3) is 0 Å². The zero-order valence-electron chi connectivity index (χ0n) is 18.7. The van der Waals surface area contributed by atoms with Gasteiger partial charge in [-0.25, -0.2) is 4.98 Å². The Labute approximate surface area is 192 Å². The van der Waals surface area contributed by atoms with E-state index < -0.39 is 0 Å². The summed E-state index contributed by atoms with van der Waals surface area (Å²) in [5, 5.41) is 5.34. The molecule has 0 saturated carbocycles. The molecule has 0 unspecified atom stereocenters. The van der Waals surface area contributed by atoms with Crippen LogP contribution in [-0.2, 0) is 17.9 Å². The lowest BCUT2D eigenvalue weighted by Crippen LogP contribution is -2.21. The first-order valence-electron chi connectivity index (χ1n) is 11.0. The van der Waals surface area contributed by atoms with E-state index in [1.54, 1.807) is 0 Å². The number of carbonyl (C=O) groups is 1. The molecule has 164 valence electrons. The van der Waals surface area contributed by atoms with Gasteiger partial charge in [-0.15, -0.1) is 0 Å². The number of aromatic nitrogens is 2. The maximum atomic E-state index is 13.0. The van der Waals surface area contributed by atoms with Gasteiger partial charge in [0.05, 0.1) is 11.0 Å². The lowest BCUT2D eigenvalue weighted by Gasteiger charge is -2.13. The Morgan fingerprint density at radius 3 is 2.58 bits per heavy atom. The second kappa shape index (κ2) is 8.79. The van der Waals surface area contributed by atoms with Gasteiger partial charge < -0.3 is 14.6 Å². The Bertz CT molecular complexity index is 1470. The van der Waals surface area contributed by atoms with Crippen LogP contribution in [0.3, 0.4) is 0 Å². The third-order valence-electron chi connectivity index (χ3n) is 5.79. The SMILES string of the molecule is Cc1ccc(C)c(NC(=O)Cn2c(COc3ccc4ccccc4c3)nc3ccccc32)c1. The van der Waals surface area contributed by atoms with E-state index in [4.69, 9.17) is 9.72 Å². The Morgan fingerprint density at radius 1 is 0.909 bits per heavy atom. The molecule has 4 aromatic carbocycles. The molecule has 0 bridgehead atoms. The molecule has 0 aliphatic carbocycles. The third kappa shape index (κ3) is 4.44. The number of imidazole rings is 1. The topological polar surface area (TPSA) is 56.2 Å². The molecule has 33 heavy (non-hydrogen) atoms. The third-order valence-corrected chi connectivity index (χ3v) is 5.79. The molecule has 0 spiro atoms. The van der Waals surface area contributed by atoms with Gasteiger partial charge in [-0.1, -0.05) is 54.6 Å². The van der Waals surface area contributed by atoms with Crippen molar-refractivity contribution in [2.24, 2.45) is 0 Å². The van der Waals surface area contributed by atoms with Gasteiger partial charge in [0.1, 0.15) is 24.7 Å². The van der Waals surface area contributed by atoms with Gasteiger partial charge in [-0.2, -0.15) is 0 Å². The zero-order chi connectivity index (χ0) is 22.8. The van der Waals surface area contributed by atoms with Gasteiger partial charge in [-0.3, -0.25) is 4.79 Å². The largest absolute Gasteiger partial charge is 0.486 e. The average molecular weight is 436 g/mol. The summed E-state index contributed by atoms with van der Waals surface area (Å²) in [6.45, 7) is 4.43. The van der Waals surface area contributed by atoms with Gasteiger partial charge in [0.2, 0.25) is 5.91 Å². The molecular weight excluding hydrogens is 410 g/mol. The van der Waals surface area contributed by atoms with Gasteiger partial charge in [0.15, 0.2) is 0 Å². The highest BCUT2D eigenvalue weighted by Gasteiger charge is 2.15. The lowest BCUT2D eigenvalue weighted by atomic mass is 10.1. The minimum atomic E-state index is -0.0983. The van der Waals surface area contributed by atoms with E-state index in [1.165, 1.54) is 5.39 Å². The van der Waals surface area contributed by atoms with Crippen LogP contribution in [-0.4, -0.2) is 15.5 Å². The second-order valence-electron chi connectivity index (χ2n) is 8.27. The van der Waals surface area contributed by atoms with E-state index in [1.807, 2.05) is 91.2 Å². The maximum Gasteiger partial charge on any atom is 0.244 e. The second-order valence-corrected chi connectivity index (χ2v) is 8.27. The average Bonchev–Trinajstić information content (AvgIpc) is 3.17. The number of benzene rings is 4. The Kier molecular flexibility index (Phi) is 5.53. The van der Waals surface area contributed by atoms with Crippen LogP contribution in [0.4, 0.5) is 5.69 Å². The molecule has 0 aliphatic heterocycles. The van der Waals surface area contributed by atoms with Crippen molar-refractivity contribution in [2.75, 3.05) is 5.32 Å². The lowest BCUT2D eigenvalue weighted by molar-refractivity contribution is -0.116. The van der Waals surface area contributed by atoms with Crippen LogP contribution < -0.4 is 10.1 Å². The van der Waals surface area contributed by atoms with E-state index in [-0.39, 0.29) is 19.1 Å². The molecule has 0 aliphatic rings. The standard InChI is InChI=1S/C28H25N3O2/c1-19-11-12-20(2)25(15-19)30-28(32)17-31-26-10-6-5-9-24(26)29-27(31)18-33-23-14-13-21-7-3-4-8-22(21)16-23/h3-16H,17-18H2,1-2H3,(H,30,32). The first-order valence-corrected chi connectivity index (χ1v) is 11.0. The molecule has 5 aromatic rings.